The van der Waals surface area contributed by atoms with Crippen molar-refractivity contribution in [2.45, 2.75) is 13.8 Å². The summed E-state index contributed by atoms with van der Waals surface area (Å²) >= 11 is 0. The lowest BCUT2D eigenvalue weighted by Crippen LogP contribution is -2.16. The molecular formula is C10H15N3O2. The Balaban J connectivity index is 2.93. The van der Waals surface area contributed by atoms with Crippen LogP contribution in [-0.2, 0) is 4.74 Å². The zero-order chi connectivity index (χ0) is 11.4. The summed E-state index contributed by atoms with van der Waals surface area (Å²) in [5.41, 5.74) is 13.6. The third-order valence-corrected chi connectivity index (χ3v) is 2.00. The predicted octanol–water partition coefficient (Wildman–Crippen LogP) is 1.73. The minimum Gasteiger partial charge on any atom is -0.450 e. The van der Waals surface area contributed by atoms with Crippen molar-refractivity contribution in [3.05, 3.63) is 17.7 Å². The predicted molar refractivity (Wildman–Crippen MR) is 60.6 cm³/mol. The molecule has 1 aromatic carbocycles. The van der Waals surface area contributed by atoms with Crippen molar-refractivity contribution < 1.29 is 9.53 Å². The van der Waals surface area contributed by atoms with Gasteiger partial charge < -0.3 is 16.2 Å². The summed E-state index contributed by atoms with van der Waals surface area (Å²) < 4.78 is 4.73. The number of carbonyl (C=O) groups excluding carboxylic acids is 1. The topological polar surface area (TPSA) is 90.4 Å². The standard InChI is InChI=1S/C10H15N3O2/c1-3-15-10(14)13-9-7(11)5-4-6(2)8(9)12/h4-5H,3,11-12H2,1-2H3,(H,13,14). The van der Waals surface area contributed by atoms with Crippen molar-refractivity contribution in [1.29, 1.82) is 0 Å². The van der Waals surface area contributed by atoms with Crippen LogP contribution in [0.5, 0.6) is 0 Å². The number of nitrogens with one attached hydrogen (secondary N) is 1. The van der Waals surface area contributed by atoms with E-state index in [1.807, 2.05) is 6.92 Å². The molecular weight excluding hydrogens is 194 g/mol. The quantitative estimate of drug-likeness (QED) is 0.647. The molecule has 0 bridgehead atoms. The number of ether oxygens (including phenoxy) is 1. The van der Waals surface area contributed by atoms with E-state index >= 15 is 0 Å². The summed E-state index contributed by atoms with van der Waals surface area (Å²) in [5, 5.41) is 2.51. The molecule has 1 amide bonds. The second kappa shape index (κ2) is 4.54. The zero-order valence-corrected chi connectivity index (χ0v) is 8.83. The fraction of sp³-hybridized carbons (Fsp3) is 0.300. The van der Waals surface area contributed by atoms with Crippen LogP contribution in [0.4, 0.5) is 21.9 Å². The van der Waals surface area contributed by atoms with Crippen LogP contribution in [0, 0.1) is 6.92 Å². The molecule has 0 unspecified atom stereocenters. The van der Waals surface area contributed by atoms with Crippen LogP contribution >= 0.6 is 0 Å². The minimum atomic E-state index is -0.554. The number of anilines is 3. The first kappa shape index (κ1) is 11.2. The summed E-state index contributed by atoms with van der Waals surface area (Å²) in [7, 11) is 0. The molecule has 82 valence electrons. The molecule has 0 spiro atoms. The molecule has 0 heterocycles. The van der Waals surface area contributed by atoms with Crippen LogP contribution < -0.4 is 16.8 Å². The number of hydrogen-bond donors (Lipinski definition) is 3. The highest BCUT2D eigenvalue weighted by Crippen LogP contribution is 2.28. The number of benzene rings is 1. The number of amides is 1. The van der Waals surface area contributed by atoms with Gasteiger partial charge in [-0.2, -0.15) is 0 Å². The normalized spacial score (nSPS) is 9.73. The molecule has 0 saturated heterocycles. The van der Waals surface area contributed by atoms with Gasteiger partial charge in [-0.05, 0) is 25.5 Å². The van der Waals surface area contributed by atoms with Crippen LogP contribution in [0.15, 0.2) is 12.1 Å². The number of carbonyl (C=O) groups is 1. The highest BCUT2D eigenvalue weighted by Gasteiger charge is 2.10. The molecule has 0 aromatic heterocycles. The molecule has 5 nitrogen and oxygen atoms in total. The number of nitrogens with two attached hydrogens (primary N) is 2. The van der Waals surface area contributed by atoms with Crippen LogP contribution in [0.1, 0.15) is 12.5 Å². The molecule has 5 N–H and O–H groups in total. The molecule has 5 heteroatoms. The maximum absolute atomic E-state index is 11.2. The van der Waals surface area contributed by atoms with Gasteiger partial charge in [-0.1, -0.05) is 6.07 Å². The highest BCUT2D eigenvalue weighted by atomic mass is 16.5. The number of rotatable bonds is 2. The van der Waals surface area contributed by atoms with Crippen molar-refractivity contribution >= 4 is 23.2 Å². The Hall–Kier alpha value is -1.91. The summed E-state index contributed by atoms with van der Waals surface area (Å²) in [5.74, 6) is 0. The minimum absolute atomic E-state index is 0.303. The fourth-order valence-corrected chi connectivity index (χ4v) is 1.15. The Morgan fingerprint density at radius 2 is 2.13 bits per heavy atom. The maximum atomic E-state index is 11.2. The van der Waals surface area contributed by atoms with E-state index in [0.29, 0.717) is 23.7 Å². The Kier molecular flexibility index (Phi) is 3.38. The molecule has 15 heavy (non-hydrogen) atoms. The van der Waals surface area contributed by atoms with Crippen LogP contribution in [0.2, 0.25) is 0 Å². The van der Waals surface area contributed by atoms with Gasteiger partial charge in [0, 0.05) is 0 Å². The Bertz CT molecular complexity index is 377. The van der Waals surface area contributed by atoms with Crippen molar-refractivity contribution in [2.75, 3.05) is 23.4 Å². The Morgan fingerprint density at radius 3 is 2.73 bits per heavy atom. The molecule has 0 radical (unpaired) electrons. The van der Waals surface area contributed by atoms with Crippen molar-refractivity contribution in [3.63, 3.8) is 0 Å². The number of hydrogen-bond acceptors (Lipinski definition) is 4. The Labute approximate surface area is 88.4 Å². The smallest absolute Gasteiger partial charge is 0.411 e. The van der Waals surface area contributed by atoms with E-state index in [1.165, 1.54) is 0 Å². The van der Waals surface area contributed by atoms with Crippen molar-refractivity contribution in [3.8, 4) is 0 Å². The summed E-state index contributed by atoms with van der Waals surface area (Å²) in [6.45, 7) is 3.87. The van der Waals surface area contributed by atoms with Crippen LogP contribution in [0.3, 0.4) is 0 Å². The molecule has 1 aromatic rings. The van der Waals surface area contributed by atoms with Gasteiger partial charge in [0.25, 0.3) is 0 Å². The van der Waals surface area contributed by atoms with Gasteiger partial charge in [0.15, 0.2) is 0 Å². The fourth-order valence-electron chi connectivity index (χ4n) is 1.15. The molecule has 0 aliphatic carbocycles. The number of nitrogen functional groups attached to an aromatic ring is 2. The molecule has 0 aliphatic rings. The summed E-state index contributed by atoms with van der Waals surface area (Å²) in [6, 6.07) is 3.48. The molecule has 0 saturated carbocycles. The van der Waals surface area contributed by atoms with Crippen LogP contribution in [0.25, 0.3) is 0 Å². The van der Waals surface area contributed by atoms with Gasteiger partial charge in [-0.3, -0.25) is 5.32 Å². The van der Waals surface area contributed by atoms with Crippen molar-refractivity contribution in [1.82, 2.24) is 0 Å². The first-order valence-electron chi connectivity index (χ1n) is 4.64. The van der Waals surface area contributed by atoms with Gasteiger partial charge in [0.05, 0.1) is 23.7 Å². The second-order valence-electron chi connectivity index (χ2n) is 3.11. The lowest BCUT2D eigenvalue weighted by Gasteiger charge is -2.12. The first-order chi connectivity index (χ1) is 7.06. The van der Waals surface area contributed by atoms with Crippen molar-refractivity contribution in [2.24, 2.45) is 0 Å². The van der Waals surface area contributed by atoms with E-state index in [2.05, 4.69) is 5.32 Å². The highest BCUT2D eigenvalue weighted by molar-refractivity contribution is 5.95. The van der Waals surface area contributed by atoms with Gasteiger partial charge in [0.1, 0.15) is 0 Å². The monoisotopic (exact) mass is 209 g/mol. The molecule has 0 fully saturated rings. The van der Waals surface area contributed by atoms with Crippen LogP contribution in [-0.4, -0.2) is 12.7 Å². The molecule has 1 rings (SSSR count). The van der Waals surface area contributed by atoms with E-state index < -0.39 is 6.09 Å². The SMILES string of the molecule is CCOC(=O)Nc1c(N)ccc(C)c1N. The lowest BCUT2D eigenvalue weighted by atomic mass is 10.1. The summed E-state index contributed by atoms with van der Waals surface area (Å²) in [4.78, 5) is 11.2. The molecule has 0 atom stereocenters. The molecule has 0 aliphatic heterocycles. The third kappa shape index (κ3) is 2.52. The van der Waals surface area contributed by atoms with E-state index in [-0.39, 0.29) is 0 Å². The van der Waals surface area contributed by atoms with E-state index in [9.17, 15) is 4.79 Å². The second-order valence-corrected chi connectivity index (χ2v) is 3.11. The maximum Gasteiger partial charge on any atom is 0.411 e. The first-order valence-corrected chi connectivity index (χ1v) is 4.64. The van der Waals surface area contributed by atoms with Gasteiger partial charge in [-0.15, -0.1) is 0 Å². The van der Waals surface area contributed by atoms with Gasteiger partial charge >= 0.3 is 6.09 Å². The lowest BCUT2D eigenvalue weighted by molar-refractivity contribution is 0.168. The Morgan fingerprint density at radius 1 is 1.47 bits per heavy atom. The average Bonchev–Trinajstić information content (AvgIpc) is 2.19. The average molecular weight is 209 g/mol. The van der Waals surface area contributed by atoms with Gasteiger partial charge in [0.2, 0.25) is 0 Å². The third-order valence-electron chi connectivity index (χ3n) is 2.00. The van der Waals surface area contributed by atoms with Gasteiger partial charge in [-0.25, -0.2) is 4.79 Å². The van der Waals surface area contributed by atoms with E-state index in [1.54, 1.807) is 19.1 Å². The zero-order valence-electron chi connectivity index (χ0n) is 8.83. The number of aryl methyl sites for hydroxylation is 1. The van der Waals surface area contributed by atoms with E-state index in [4.69, 9.17) is 16.2 Å². The largest absolute Gasteiger partial charge is 0.450 e. The van der Waals surface area contributed by atoms with E-state index in [0.717, 1.165) is 5.56 Å². The summed E-state index contributed by atoms with van der Waals surface area (Å²) in [6.07, 6.45) is -0.554.